The van der Waals surface area contributed by atoms with Crippen molar-refractivity contribution in [3.63, 3.8) is 0 Å². The maximum atomic E-state index is 10.7. The van der Waals surface area contributed by atoms with Crippen molar-refractivity contribution in [3.05, 3.63) is 0 Å². The van der Waals surface area contributed by atoms with E-state index in [1.54, 1.807) is 0 Å². The third-order valence-electron chi connectivity index (χ3n) is 3.39. The lowest BCUT2D eigenvalue weighted by molar-refractivity contribution is -0.138. The van der Waals surface area contributed by atoms with Crippen LogP contribution in [0.15, 0.2) is 0 Å². The van der Waals surface area contributed by atoms with E-state index in [2.05, 4.69) is 26.1 Å². The van der Waals surface area contributed by atoms with Gasteiger partial charge in [-0.3, -0.25) is 4.79 Å². The Morgan fingerprint density at radius 2 is 2.21 bits per heavy atom. The van der Waals surface area contributed by atoms with Gasteiger partial charge in [-0.1, -0.05) is 20.8 Å². The van der Waals surface area contributed by atoms with Crippen molar-refractivity contribution in [2.75, 3.05) is 0 Å². The van der Waals surface area contributed by atoms with E-state index in [9.17, 15) is 4.79 Å². The van der Waals surface area contributed by atoms with Gasteiger partial charge in [-0.05, 0) is 24.7 Å². The van der Waals surface area contributed by atoms with Gasteiger partial charge in [0, 0.05) is 12.1 Å². The summed E-state index contributed by atoms with van der Waals surface area (Å²) in [6.45, 7) is 6.45. The zero-order chi connectivity index (χ0) is 10.8. The molecule has 82 valence electrons. The topological polar surface area (TPSA) is 49.3 Å². The number of rotatable bonds is 3. The Balaban J connectivity index is 2.61. The largest absolute Gasteiger partial charge is 0.481 e. The second kappa shape index (κ2) is 4.30. The van der Waals surface area contributed by atoms with Gasteiger partial charge in [0.05, 0.1) is 6.42 Å². The minimum absolute atomic E-state index is 0.115. The van der Waals surface area contributed by atoms with Gasteiger partial charge in [-0.25, -0.2) is 0 Å². The molecule has 1 fully saturated rings. The lowest BCUT2D eigenvalue weighted by Crippen LogP contribution is -2.52. The molecule has 14 heavy (non-hydrogen) atoms. The zero-order valence-electron chi connectivity index (χ0n) is 9.34. The standard InChI is InChI=1S/C11H21NO2/c1-4-8-5-6-11(2,3)9(12-8)7-10(13)14/h8-9,12H,4-7H2,1-3H3,(H,13,14)/t8-,9-/m0/s1. The molecule has 1 saturated heterocycles. The van der Waals surface area contributed by atoms with Gasteiger partial charge in [0.15, 0.2) is 0 Å². The molecule has 0 aromatic rings. The van der Waals surface area contributed by atoms with Crippen molar-refractivity contribution < 1.29 is 9.90 Å². The lowest BCUT2D eigenvalue weighted by Gasteiger charge is -2.42. The van der Waals surface area contributed by atoms with Crippen molar-refractivity contribution in [3.8, 4) is 0 Å². The predicted octanol–water partition coefficient (Wildman–Crippen LogP) is 2.02. The van der Waals surface area contributed by atoms with E-state index in [0.29, 0.717) is 6.04 Å². The first-order valence-corrected chi connectivity index (χ1v) is 5.43. The van der Waals surface area contributed by atoms with Crippen LogP contribution in [0.5, 0.6) is 0 Å². The molecule has 1 aliphatic heterocycles. The molecule has 0 aliphatic carbocycles. The van der Waals surface area contributed by atoms with Crippen molar-refractivity contribution in [2.24, 2.45) is 5.41 Å². The highest BCUT2D eigenvalue weighted by atomic mass is 16.4. The second-order valence-electron chi connectivity index (χ2n) is 4.95. The van der Waals surface area contributed by atoms with Gasteiger partial charge in [-0.15, -0.1) is 0 Å². The summed E-state index contributed by atoms with van der Waals surface area (Å²) in [5, 5.41) is 12.3. The molecule has 1 heterocycles. The molecule has 0 radical (unpaired) electrons. The molecule has 0 saturated carbocycles. The number of nitrogens with one attached hydrogen (secondary N) is 1. The molecule has 1 aliphatic rings. The summed E-state index contributed by atoms with van der Waals surface area (Å²) in [6, 6.07) is 0.631. The molecule has 0 aromatic heterocycles. The number of aliphatic carboxylic acids is 1. The van der Waals surface area contributed by atoms with Crippen LogP contribution in [0, 0.1) is 5.41 Å². The molecule has 2 N–H and O–H groups in total. The third kappa shape index (κ3) is 2.71. The molecular formula is C11H21NO2. The fourth-order valence-corrected chi connectivity index (χ4v) is 2.15. The molecule has 0 spiro atoms. The normalized spacial score (nSPS) is 31.4. The Labute approximate surface area is 85.9 Å². The molecule has 0 aromatic carbocycles. The van der Waals surface area contributed by atoms with Crippen LogP contribution in [-0.2, 0) is 4.79 Å². The van der Waals surface area contributed by atoms with Gasteiger partial charge >= 0.3 is 5.97 Å². The summed E-state index contributed by atoms with van der Waals surface area (Å²) >= 11 is 0. The first-order chi connectivity index (χ1) is 6.45. The van der Waals surface area contributed by atoms with Gasteiger partial charge in [0.2, 0.25) is 0 Å². The number of hydrogen-bond acceptors (Lipinski definition) is 2. The Morgan fingerprint density at radius 3 is 2.71 bits per heavy atom. The van der Waals surface area contributed by atoms with Crippen LogP contribution in [0.1, 0.15) is 46.5 Å². The monoisotopic (exact) mass is 199 g/mol. The summed E-state index contributed by atoms with van der Waals surface area (Å²) in [5.74, 6) is -0.702. The van der Waals surface area contributed by atoms with Gasteiger partial charge < -0.3 is 10.4 Å². The van der Waals surface area contributed by atoms with E-state index in [1.807, 2.05) is 0 Å². The smallest absolute Gasteiger partial charge is 0.304 e. The molecule has 0 unspecified atom stereocenters. The Kier molecular flexibility index (Phi) is 3.53. The van der Waals surface area contributed by atoms with Crippen LogP contribution in [-0.4, -0.2) is 23.2 Å². The number of carboxylic acids is 1. The van der Waals surface area contributed by atoms with Crippen LogP contribution < -0.4 is 5.32 Å². The molecular weight excluding hydrogens is 178 g/mol. The zero-order valence-corrected chi connectivity index (χ0v) is 9.34. The molecule has 0 amide bonds. The van der Waals surface area contributed by atoms with E-state index in [1.165, 1.54) is 6.42 Å². The van der Waals surface area contributed by atoms with E-state index < -0.39 is 5.97 Å². The summed E-state index contributed by atoms with van der Waals surface area (Å²) in [7, 11) is 0. The Bertz CT molecular complexity index is 213. The maximum absolute atomic E-state index is 10.7. The maximum Gasteiger partial charge on any atom is 0.304 e. The number of carbonyl (C=O) groups is 1. The first kappa shape index (κ1) is 11.5. The molecule has 3 nitrogen and oxygen atoms in total. The second-order valence-corrected chi connectivity index (χ2v) is 4.95. The van der Waals surface area contributed by atoms with Crippen molar-refractivity contribution >= 4 is 5.97 Å². The van der Waals surface area contributed by atoms with Crippen LogP contribution in [0.3, 0.4) is 0 Å². The molecule has 3 heteroatoms. The van der Waals surface area contributed by atoms with Crippen LogP contribution in [0.25, 0.3) is 0 Å². The Morgan fingerprint density at radius 1 is 1.57 bits per heavy atom. The lowest BCUT2D eigenvalue weighted by atomic mass is 9.74. The highest BCUT2D eigenvalue weighted by Gasteiger charge is 2.36. The van der Waals surface area contributed by atoms with E-state index in [4.69, 9.17) is 5.11 Å². The number of carboxylic acid groups (broad SMARTS) is 1. The van der Waals surface area contributed by atoms with Crippen molar-refractivity contribution in [1.82, 2.24) is 5.32 Å². The summed E-state index contributed by atoms with van der Waals surface area (Å²) < 4.78 is 0. The third-order valence-corrected chi connectivity index (χ3v) is 3.39. The predicted molar refractivity (Wildman–Crippen MR) is 56.3 cm³/mol. The molecule has 2 atom stereocenters. The van der Waals surface area contributed by atoms with E-state index >= 15 is 0 Å². The number of hydrogen-bond donors (Lipinski definition) is 2. The average Bonchev–Trinajstić information content (AvgIpc) is 2.08. The first-order valence-electron chi connectivity index (χ1n) is 5.43. The SMILES string of the molecule is CC[C@H]1CCC(C)(C)[C@H](CC(=O)O)N1. The molecule has 0 bridgehead atoms. The van der Waals surface area contributed by atoms with Crippen LogP contribution >= 0.6 is 0 Å². The fraction of sp³-hybridized carbons (Fsp3) is 0.909. The Hall–Kier alpha value is -0.570. The van der Waals surface area contributed by atoms with Gasteiger partial charge in [0.1, 0.15) is 0 Å². The quantitative estimate of drug-likeness (QED) is 0.731. The number of piperidine rings is 1. The molecule has 1 rings (SSSR count). The van der Waals surface area contributed by atoms with Gasteiger partial charge in [0.25, 0.3) is 0 Å². The van der Waals surface area contributed by atoms with Crippen LogP contribution in [0.2, 0.25) is 0 Å². The van der Waals surface area contributed by atoms with E-state index in [0.717, 1.165) is 12.8 Å². The highest BCUT2D eigenvalue weighted by molar-refractivity contribution is 5.67. The summed E-state index contributed by atoms with van der Waals surface area (Å²) in [4.78, 5) is 10.7. The van der Waals surface area contributed by atoms with Gasteiger partial charge in [-0.2, -0.15) is 0 Å². The van der Waals surface area contributed by atoms with Crippen LogP contribution in [0.4, 0.5) is 0 Å². The fourth-order valence-electron chi connectivity index (χ4n) is 2.15. The highest BCUT2D eigenvalue weighted by Crippen LogP contribution is 2.34. The minimum atomic E-state index is -0.702. The summed E-state index contributed by atoms with van der Waals surface area (Å²) in [6.07, 6.45) is 3.62. The van der Waals surface area contributed by atoms with Crippen molar-refractivity contribution in [1.29, 1.82) is 0 Å². The minimum Gasteiger partial charge on any atom is -0.481 e. The van der Waals surface area contributed by atoms with Crippen molar-refractivity contribution in [2.45, 2.75) is 58.5 Å². The summed E-state index contributed by atoms with van der Waals surface area (Å²) in [5.41, 5.74) is 0.115. The van der Waals surface area contributed by atoms with E-state index in [-0.39, 0.29) is 17.9 Å². The average molecular weight is 199 g/mol.